The van der Waals surface area contributed by atoms with Crippen LogP contribution in [0.1, 0.15) is 33.1 Å². The van der Waals surface area contributed by atoms with E-state index >= 15 is 0 Å². The van der Waals surface area contributed by atoms with E-state index in [1.165, 1.54) is 0 Å². The number of nitrogens with one attached hydrogen (secondary N) is 1. The van der Waals surface area contributed by atoms with Crippen molar-refractivity contribution in [3.63, 3.8) is 0 Å². The first kappa shape index (κ1) is 10.9. The van der Waals surface area contributed by atoms with Gasteiger partial charge in [0.2, 0.25) is 5.91 Å². The Morgan fingerprint density at radius 3 is 2.67 bits per heavy atom. The molecule has 1 heterocycles. The van der Waals surface area contributed by atoms with Crippen LogP contribution < -0.4 is 11.1 Å². The first-order chi connectivity index (χ1) is 7.04. The SMILES string of the molecule is CCC1(N)CN(C(C)C(=O)NC2CC2)C1. The number of rotatable bonds is 4. The number of likely N-dealkylation sites (tertiary alicyclic amines) is 1. The molecule has 0 aromatic rings. The second-order valence-electron chi connectivity index (χ2n) is 5.08. The van der Waals surface area contributed by atoms with Crippen LogP contribution in [-0.2, 0) is 4.79 Å². The fourth-order valence-electron chi connectivity index (χ4n) is 1.98. The van der Waals surface area contributed by atoms with E-state index < -0.39 is 0 Å². The molecule has 1 aliphatic heterocycles. The minimum Gasteiger partial charge on any atom is -0.352 e. The molecule has 0 aromatic heterocycles. The number of hydrogen-bond donors (Lipinski definition) is 2. The highest BCUT2D eigenvalue weighted by Crippen LogP contribution is 2.24. The molecule has 1 saturated carbocycles. The van der Waals surface area contributed by atoms with Crippen molar-refractivity contribution in [1.29, 1.82) is 0 Å². The zero-order valence-electron chi connectivity index (χ0n) is 9.62. The summed E-state index contributed by atoms with van der Waals surface area (Å²) in [6.07, 6.45) is 3.28. The van der Waals surface area contributed by atoms with E-state index in [0.29, 0.717) is 6.04 Å². The van der Waals surface area contributed by atoms with E-state index in [1.807, 2.05) is 6.92 Å². The van der Waals surface area contributed by atoms with Gasteiger partial charge in [0.05, 0.1) is 6.04 Å². The summed E-state index contributed by atoms with van der Waals surface area (Å²) in [7, 11) is 0. The van der Waals surface area contributed by atoms with Crippen LogP contribution in [-0.4, -0.2) is 41.5 Å². The van der Waals surface area contributed by atoms with Crippen molar-refractivity contribution in [3.05, 3.63) is 0 Å². The Morgan fingerprint density at radius 1 is 1.60 bits per heavy atom. The molecule has 15 heavy (non-hydrogen) atoms. The molecule has 3 N–H and O–H groups in total. The number of amides is 1. The molecule has 0 spiro atoms. The van der Waals surface area contributed by atoms with Gasteiger partial charge in [0.25, 0.3) is 0 Å². The van der Waals surface area contributed by atoms with Gasteiger partial charge >= 0.3 is 0 Å². The molecule has 0 bridgehead atoms. The number of hydrogen-bond acceptors (Lipinski definition) is 3. The molecule has 1 unspecified atom stereocenters. The van der Waals surface area contributed by atoms with Crippen molar-refractivity contribution in [1.82, 2.24) is 10.2 Å². The molecule has 4 heteroatoms. The smallest absolute Gasteiger partial charge is 0.237 e. The van der Waals surface area contributed by atoms with Gasteiger partial charge < -0.3 is 11.1 Å². The third-order valence-corrected chi connectivity index (χ3v) is 3.59. The normalized spacial score (nSPS) is 26.9. The third kappa shape index (κ3) is 2.32. The van der Waals surface area contributed by atoms with Crippen LogP contribution in [0.15, 0.2) is 0 Å². The second kappa shape index (κ2) is 3.76. The minimum atomic E-state index is -0.0475. The molecule has 2 rings (SSSR count). The first-order valence-electron chi connectivity index (χ1n) is 5.87. The van der Waals surface area contributed by atoms with Crippen LogP contribution in [0.5, 0.6) is 0 Å². The van der Waals surface area contributed by atoms with Crippen LogP contribution in [0.4, 0.5) is 0 Å². The lowest BCUT2D eigenvalue weighted by molar-refractivity contribution is -0.129. The Morgan fingerprint density at radius 2 is 2.20 bits per heavy atom. The lowest BCUT2D eigenvalue weighted by atomic mass is 9.87. The second-order valence-corrected chi connectivity index (χ2v) is 5.08. The number of carbonyl (C=O) groups is 1. The standard InChI is InChI=1S/C11H21N3O/c1-3-11(12)6-14(7-11)8(2)10(15)13-9-4-5-9/h8-9H,3-7,12H2,1-2H3,(H,13,15). The minimum absolute atomic E-state index is 0.0196. The average Bonchev–Trinajstić information content (AvgIpc) is 2.95. The van der Waals surface area contributed by atoms with Crippen molar-refractivity contribution in [3.8, 4) is 0 Å². The predicted molar refractivity (Wildman–Crippen MR) is 59.4 cm³/mol. The average molecular weight is 211 g/mol. The van der Waals surface area contributed by atoms with Gasteiger partial charge in [-0.3, -0.25) is 9.69 Å². The molecule has 0 aromatic carbocycles. The van der Waals surface area contributed by atoms with Crippen molar-refractivity contribution >= 4 is 5.91 Å². The Labute approximate surface area is 91.2 Å². The Bertz CT molecular complexity index is 257. The van der Waals surface area contributed by atoms with E-state index in [2.05, 4.69) is 17.1 Å². The molecular weight excluding hydrogens is 190 g/mol. The largest absolute Gasteiger partial charge is 0.352 e. The summed E-state index contributed by atoms with van der Waals surface area (Å²) in [5, 5.41) is 3.03. The van der Waals surface area contributed by atoms with Gasteiger partial charge in [-0.25, -0.2) is 0 Å². The van der Waals surface area contributed by atoms with E-state index in [-0.39, 0.29) is 17.5 Å². The molecule has 2 fully saturated rings. The van der Waals surface area contributed by atoms with E-state index in [1.54, 1.807) is 0 Å². The maximum absolute atomic E-state index is 11.7. The molecule has 1 saturated heterocycles. The summed E-state index contributed by atoms with van der Waals surface area (Å²) in [5.74, 6) is 0.163. The highest BCUT2D eigenvalue weighted by Gasteiger charge is 2.42. The highest BCUT2D eigenvalue weighted by atomic mass is 16.2. The van der Waals surface area contributed by atoms with E-state index in [9.17, 15) is 4.79 Å². The quantitative estimate of drug-likeness (QED) is 0.692. The lowest BCUT2D eigenvalue weighted by Gasteiger charge is -2.49. The Kier molecular flexibility index (Phi) is 2.73. The highest BCUT2D eigenvalue weighted by molar-refractivity contribution is 5.82. The molecule has 1 atom stereocenters. The molecule has 4 nitrogen and oxygen atoms in total. The van der Waals surface area contributed by atoms with Crippen molar-refractivity contribution < 1.29 is 4.79 Å². The van der Waals surface area contributed by atoms with Crippen molar-refractivity contribution in [2.45, 2.75) is 50.7 Å². The van der Waals surface area contributed by atoms with Crippen LogP contribution in [0.2, 0.25) is 0 Å². The first-order valence-corrected chi connectivity index (χ1v) is 5.87. The van der Waals surface area contributed by atoms with Crippen molar-refractivity contribution in [2.24, 2.45) is 5.73 Å². The monoisotopic (exact) mass is 211 g/mol. The summed E-state index contributed by atoms with van der Waals surface area (Å²) in [4.78, 5) is 13.9. The predicted octanol–water partition coefficient (Wildman–Crippen LogP) is 0.0766. The zero-order chi connectivity index (χ0) is 11.1. The van der Waals surface area contributed by atoms with Gasteiger partial charge in [0, 0.05) is 24.7 Å². The van der Waals surface area contributed by atoms with Crippen LogP contribution in [0.3, 0.4) is 0 Å². The Balaban J connectivity index is 1.77. The summed E-state index contributed by atoms with van der Waals surface area (Å²) in [5.41, 5.74) is 6.02. The van der Waals surface area contributed by atoms with Gasteiger partial charge in [-0.15, -0.1) is 0 Å². The molecule has 0 radical (unpaired) electrons. The van der Waals surface area contributed by atoms with Crippen molar-refractivity contribution in [2.75, 3.05) is 13.1 Å². The van der Waals surface area contributed by atoms with Gasteiger partial charge in [0.1, 0.15) is 0 Å². The molecular formula is C11H21N3O. The summed E-state index contributed by atoms with van der Waals surface area (Å²) in [6, 6.07) is 0.434. The summed E-state index contributed by atoms with van der Waals surface area (Å²) >= 11 is 0. The zero-order valence-corrected chi connectivity index (χ0v) is 9.62. The topological polar surface area (TPSA) is 58.4 Å². The molecule has 86 valence electrons. The maximum atomic E-state index is 11.7. The van der Waals surface area contributed by atoms with Crippen LogP contribution >= 0.6 is 0 Å². The molecule has 1 amide bonds. The van der Waals surface area contributed by atoms with Gasteiger partial charge in [-0.1, -0.05) is 6.92 Å². The number of nitrogens with two attached hydrogens (primary N) is 1. The fourth-order valence-corrected chi connectivity index (χ4v) is 1.98. The van der Waals surface area contributed by atoms with Crippen LogP contribution in [0.25, 0.3) is 0 Å². The fraction of sp³-hybridized carbons (Fsp3) is 0.909. The molecule has 2 aliphatic rings. The maximum Gasteiger partial charge on any atom is 0.237 e. The van der Waals surface area contributed by atoms with Gasteiger partial charge in [0.15, 0.2) is 0 Å². The van der Waals surface area contributed by atoms with Crippen LogP contribution in [0, 0.1) is 0 Å². The van der Waals surface area contributed by atoms with E-state index in [4.69, 9.17) is 5.73 Å². The lowest BCUT2D eigenvalue weighted by Crippen LogP contribution is -2.70. The van der Waals surface area contributed by atoms with E-state index in [0.717, 1.165) is 32.4 Å². The van der Waals surface area contributed by atoms with Gasteiger partial charge in [-0.2, -0.15) is 0 Å². The summed E-state index contributed by atoms with van der Waals surface area (Å²) < 4.78 is 0. The number of carbonyl (C=O) groups excluding carboxylic acids is 1. The third-order valence-electron chi connectivity index (χ3n) is 3.59. The summed E-state index contributed by atoms with van der Waals surface area (Å²) in [6.45, 7) is 5.77. The molecule has 1 aliphatic carbocycles. The number of nitrogens with zero attached hydrogens (tertiary/aromatic N) is 1. The Hall–Kier alpha value is -0.610. The van der Waals surface area contributed by atoms with Gasteiger partial charge in [-0.05, 0) is 26.2 Å².